The molecule has 0 heterocycles. The predicted octanol–water partition coefficient (Wildman–Crippen LogP) is 3.02. The van der Waals surface area contributed by atoms with Gasteiger partial charge in [0.1, 0.15) is 12.4 Å². The lowest BCUT2D eigenvalue weighted by molar-refractivity contribution is 0.0144. The first-order chi connectivity index (χ1) is 9.17. The van der Waals surface area contributed by atoms with Crippen molar-refractivity contribution in [2.24, 2.45) is 0 Å². The monoisotopic (exact) mass is 273 g/mol. The number of hydrogen-bond donors (Lipinski definition) is 1. The van der Waals surface area contributed by atoms with E-state index in [1.807, 2.05) is 31.2 Å². The topological polar surface area (TPSA) is 30.5 Å². The first-order valence-corrected chi connectivity index (χ1v) is 6.40. The maximum atomic E-state index is 12.0. The summed E-state index contributed by atoms with van der Waals surface area (Å²) in [5.41, 5.74) is 1.07. The molecule has 0 radical (unpaired) electrons. The first-order valence-electron chi connectivity index (χ1n) is 6.40. The van der Waals surface area contributed by atoms with E-state index in [9.17, 15) is 8.78 Å². The van der Waals surface area contributed by atoms with Crippen LogP contribution in [-0.2, 0) is 4.74 Å². The number of hydrogen-bond acceptors (Lipinski definition) is 3. The number of halogens is 2. The highest BCUT2D eigenvalue weighted by Gasteiger charge is 2.11. The molecule has 0 aromatic heterocycles. The Kier molecular flexibility index (Phi) is 7.36. The number of alkyl halides is 2. The van der Waals surface area contributed by atoms with Gasteiger partial charge in [-0.05, 0) is 30.7 Å². The average molecular weight is 273 g/mol. The third-order valence-corrected chi connectivity index (χ3v) is 2.74. The van der Waals surface area contributed by atoms with Crippen LogP contribution in [-0.4, -0.2) is 33.3 Å². The molecule has 1 N–H and O–H groups in total. The van der Waals surface area contributed by atoms with Gasteiger partial charge in [-0.1, -0.05) is 19.1 Å². The van der Waals surface area contributed by atoms with Gasteiger partial charge in [0.2, 0.25) is 0 Å². The Morgan fingerprint density at radius 3 is 2.74 bits per heavy atom. The maximum absolute atomic E-state index is 12.0. The normalized spacial score (nSPS) is 12.7. The van der Waals surface area contributed by atoms with Crippen molar-refractivity contribution >= 4 is 0 Å². The van der Waals surface area contributed by atoms with Crippen LogP contribution >= 0.6 is 0 Å². The summed E-state index contributed by atoms with van der Waals surface area (Å²) in [4.78, 5) is 0. The molecule has 0 bridgehead atoms. The lowest BCUT2D eigenvalue weighted by Gasteiger charge is -2.19. The van der Waals surface area contributed by atoms with Crippen LogP contribution in [0.2, 0.25) is 0 Å². The van der Waals surface area contributed by atoms with Crippen LogP contribution in [0.15, 0.2) is 24.3 Å². The molecule has 1 atom stereocenters. The van der Waals surface area contributed by atoms with E-state index in [1.165, 1.54) is 0 Å². The Hall–Kier alpha value is -1.20. The molecule has 1 aromatic rings. The van der Waals surface area contributed by atoms with Crippen molar-refractivity contribution in [2.45, 2.75) is 25.8 Å². The van der Waals surface area contributed by atoms with Crippen molar-refractivity contribution in [3.63, 3.8) is 0 Å². The molecule has 0 aliphatic carbocycles. The Morgan fingerprint density at radius 2 is 2.11 bits per heavy atom. The third kappa shape index (κ3) is 5.98. The van der Waals surface area contributed by atoms with E-state index in [-0.39, 0.29) is 6.04 Å². The lowest BCUT2D eigenvalue weighted by Crippen LogP contribution is -2.22. The minimum absolute atomic E-state index is 0.0813. The molecule has 1 unspecified atom stereocenters. The highest BCUT2D eigenvalue weighted by atomic mass is 19.3. The average Bonchev–Trinajstić information content (AvgIpc) is 2.42. The molecule has 108 valence electrons. The van der Waals surface area contributed by atoms with E-state index in [1.54, 1.807) is 7.11 Å². The quantitative estimate of drug-likeness (QED) is 0.702. The third-order valence-electron chi connectivity index (χ3n) is 2.74. The number of methoxy groups -OCH3 is 1. The van der Waals surface area contributed by atoms with Gasteiger partial charge in [0.15, 0.2) is 0 Å². The van der Waals surface area contributed by atoms with Gasteiger partial charge in [-0.25, -0.2) is 8.78 Å². The first kappa shape index (κ1) is 15.9. The highest BCUT2D eigenvalue weighted by molar-refractivity contribution is 5.30. The van der Waals surface area contributed by atoms with Gasteiger partial charge >= 0.3 is 0 Å². The Labute approximate surface area is 112 Å². The van der Waals surface area contributed by atoms with Gasteiger partial charge in [-0.3, -0.25) is 0 Å². The van der Waals surface area contributed by atoms with Gasteiger partial charge < -0.3 is 14.8 Å². The fourth-order valence-electron chi connectivity index (χ4n) is 1.86. The fourth-order valence-corrected chi connectivity index (χ4v) is 1.86. The summed E-state index contributed by atoms with van der Waals surface area (Å²) in [5.74, 6) is 0.786. The van der Waals surface area contributed by atoms with Gasteiger partial charge in [0.25, 0.3) is 6.43 Å². The molecule has 0 amide bonds. The maximum Gasteiger partial charge on any atom is 0.261 e. The van der Waals surface area contributed by atoms with E-state index >= 15 is 0 Å². The molecule has 19 heavy (non-hydrogen) atoms. The molecule has 0 saturated heterocycles. The minimum atomic E-state index is -2.41. The zero-order chi connectivity index (χ0) is 14.1. The molecule has 0 saturated carbocycles. The molecular weight excluding hydrogens is 252 g/mol. The molecular formula is C14H21F2NO2. The van der Waals surface area contributed by atoms with Crippen molar-refractivity contribution in [3.05, 3.63) is 29.8 Å². The van der Waals surface area contributed by atoms with Gasteiger partial charge in [-0.2, -0.15) is 0 Å². The van der Waals surface area contributed by atoms with Crippen LogP contribution in [0.4, 0.5) is 8.78 Å². The molecule has 1 rings (SSSR count). The SMILES string of the molecule is CCNC(CCOCC(F)F)c1cccc(OC)c1. The summed E-state index contributed by atoms with van der Waals surface area (Å²) in [7, 11) is 1.62. The van der Waals surface area contributed by atoms with Crippen LogP contribution < -0.4 is 10.1 Å². The number of nitrogens with one attached hydrogen (secondary N) is 1. The van der Waals surface area contributed by atoms with Gasteiger partial charge in [0.05, 0.1) is 7.11 Å². The largest absolute Gasteiger partial charge is 0.497 e. The molecule has 0 spiro atoms. The summed E-state index contributed by atoms with van der Waals surface area (Å²) in [6.07, 6.45) is -1.76. The molecule has 3 nitrogen and oxygen atoms in total. The minimum Gasteiger partial charge on any atom is -0.497 e. The van der Waals surface area contributed by atoms with Crippen LogP contribution in [0.25, 0.3) is 0 Å². The summed E-state index contributed by atoms with van der Waals surface area (Å²) in [6.45, 7) is 2.61. The number of rotatable bonds is 9. The zero-order valence-corrected chi connectivity index (χ0v) is 11.4. The smallest absolute Gasteiger partial charge is 0.261 e. The summed E-state index contributed by atoms with van der Waals surface area (Å²) >= 11 is 0. The van der Waals surface area contributed by atoms with Crippen LogP contribution in [0.3, 0.4) is 0 Å². The van der Waals surface area contributed by atoms with E-state index < -0.39 is 13.0 Å². The van der Waals surface area contributed by atoms with Crippen molar-refractivity contribution in [2.75, 3.05) is 26.9 Å². The van der Waals surface area contributed by atoms with Crippen molar-refractivity contribution in [1.29, 1.82) is 0 Å². The molecule has 0 aliphatic heterocycles. The molecule has 0 aliphatic rings. The summed E-state index contributed by atoms with van der Waals surface area (Å²) in [5, 5.41) is 3.32. The van der Waals surface area contributed by atoms with Crippen molar-refractivity contribution in [3.8, 4) is 5.75 Å². The molecule has 1 aromatic carbocycles. The van der Waals surface area contributed by atoms with Crippen LogP contribution in [0.1, 0.15) is 24.9 Å². The fraction of sp³-hybridized carbons (Fsp3) is 0.571. The van der Waals surface area contributed by atoms with Crippen molar-refractivity contribution < 1.29 is 18.3 Å². The number of ether oxygens (including phenoxy) is 2. The van der Waals surface area contributed by atoms with Crippen LogP contribution in [0.5, 0.6) is 5.75 Å². The van der Waals surface area contributed by atoms with Crippen LogP contribution in [0, 0.1) is 0 Å². The second-order valence-electron chi connectivity index (χ2n) is 4.14. The van der Waals surface area contributed by atoms with Gasteiger partial charge in [-0.15, -0.1) is 0 Å². The standard InChI is InChI=1S/C14H21F2NO2/c1-3-17-13(7-8-19-10-14(15)16)11-5-4-6-12(9-11)18-2/h4-6,9,13-14,17H,3,7-8,10H2,1-2H3. The Balaban J connectivity index is 2.55. The van der Waals surface area contributed by atoms with E-state index in [2.05, 4.69) is 5.32 Å². The van der Waals surface area contributed by atoms with Gasteiger partial charge in [0, 0.05) is 12.6 Å². The lowest BCUT2D eigenvalue weighted by atomic mass is 10.0. The van der Waals surface area contributed by atoms with E-state index in [0.717, 1.165) is 17.9 Å². The van der Waals surface area contributed by atoms with E-state index in [0.29, 0.717) is 13.0 Å². The Bertz CT molecular complexity index is 361. The molecule has 0 fully saturated rings. The van der Waals surface area contributed by atoms with E-state index in [4.69, 9.17) is 9.47 Å². The second kappa shape index (κ2) is 8.82. The molecule has 5 heteroatoms. The highest BCUT2D eigenvalue weighted by Crippen LogP contribution is 2.21. The van der Waals surface area contributed by atoms with Crippen molar-refractivity contribution in [1.82, 2.24) is 5.32 Å². The predicted molar refractivity (Wildman–Crippen MR) is 70.9 cm³/mol. The summed E-state index contributed by atoms with van der Waals surface area (Å²) in [6, 6.07) is 7.81. The zero-order valence-electron chi connectivity index (χ0n) is 11.4. The second-order valence-corrected chi connectivity index (χ2v) is 4.14. The Morgan fingerprint density at radius 1 is 1.32 bits per heavy atom. The number of benzene rings is 1. The summed E-state index contributed by atoms with van der Waals surface area (Å²) < 4.78 is 34.1.